The molecule has 72 valence electrons. The van der Waals surface area contributed by atoms with Gasteiger partial charge in [-0.15, -0.1) is 0 Å². The van der Waals surface area contributed by atoms with E-state index in [-0.39, 0.29) is 11.5 Å². The molecule has 1 unspecified atom stereocenters. The summed E-state index contributed by atoms with van der Waals surface area (Å²) in [7, 11) is 0. The summed E-state index contributed by atoms with van der Waals surface area (Å²) in [6, 6.07) is 0.103. The summed E-state index contributed by atoms with van der Waals surface area (Å²) in [4.78, 5) is 0. The van der Waals surface area contributed by atoms with E-state index in [1.54, 1.807) is 0 Å². The highest BCUT2D eigenvalue weighted by atomic mass is 14.7. The van der Waals surface area contributed by atoms with Gasteiger partial charge in [0, 0.05) is 6.04 Å². The quantitative estimate of drug-likeness (QED) is 0.689. The van der Waals surface area contributed by atoms with Gasteiger partial charge in [-0.25, -0.2) is 0 Å². The van der Waals surface area contributed by atoms with E-state index in [1.807, 2.05) is 12.2 Å². The van der Waals surface area contributed by atoms with Crippen LogP contribution in [-0.2, 0) is 0 Å². The van der Waals surface area contributed by atoms with Gasteiger partial charge in [-0.05, 0) is 29.4 Å². The number of hydrogen-bond donors (Lipinski definition) is 1. The zero-order valence-corrected chi connectivity index (χ0v) is 8.64. The summed E-state index contributed by atoms with van der Waals surface area (Å²) >= 11 is 0. The summed E-state index contributed by atoms with van der Waals surface area (Å²) in [5, 5.41) is 0. The van der Waals surface area contributed by atoms with E-state index in [9.17, 15) is 0 Å². The van der Waals surface area contributed by atoms with Gasteiger partial charge in [-0.2, -0.15) is 0 Å². The third kappa shape index (κ3) is 1.75. The molecule has 2 N–H and O–H groups in total. The zero-order chi connectivity index (χ0) is 10.1. The second-order valence-corrected chi connectivity index (χ2v) is 4.36. The van der Waals surface area contributed by atoms with Gasteiger partial charge in [0.25, 0.3) is 0 Å². The van der Waals surface area contributed by atoms with Crippen LogP contribution in [0.5, 0.6) is 0 Å². The molecule has 0 aromatic carbocycles. The lowest BCUT2D eigenvalue weighted by Gasteiger charge is -2.37. The highest BCUT2D eigenvalue weighted by Gasteiger charge is 2.32. The van der Waals surface area contributed by atoms with Crippen molar-refractivity contribution < 1.29 is 0 Å². The lowest BCUT2D eigenvalue weighted by molar-refractivity contribution is 0.277. The van der Waals surface area contributed by atoms with E-state index in [0.29, 0.717) is 0 Å². The Morgan fingerprint density at radius 1 is 1.38 bits per heavy atom. The maximum absolute atomic E-state index is 6.16. The predicted octanol–water partition coefficient (Wildman–Crippen LogP) is 2.80. The van der Waals surface area contributed by atoms with Crippen LogP contribution in [0.2, 0.25) is 0 Å². The Labute approximate surface area is 81.0 Å². The third-order valence-electron chi connectivity index (χ3n) is 3.05. The van der Waals surface area contributed by atoms with Crippen molar-refractivity contribution in [3.05, 3.63) is 36.5 Å². The van der Waals surface area contributed by atoms with E-state index < -0.39 is 0 Å². The number of rotatable bonds is 2. The van der Waals surface area contributed by atoms with Gasteiger partial charge >= 0.3 is 0 Å². The van der Waals surface area contributed by atoms with Crippen LogP contribution in [-0.4, -0.2) is 6.04 Å². The number of hydrogen-bond acceptors (Lipinski definition) is 1. The Morgan fingerprint density at radius 2 is 2.00 bits per heavy atom. The molecule has 0 saturated carbocycles. The molecule has 13 heavy (non-hydrogen) atoms. The van der Waals surface area contributed by atoms with E-state index in [2.05, 4.69) is 27.0 Å². The van der Waals surface area contributed by atoms with Gasteiger partial charge in [0.2, 0.25) is 0 Å². The van der Waals surface area contributed by atoms with Gasteiger partial charge < -0.3 is 5.73 Å². The van der Waals surface area contributed by atoms with Crippen LogP contribution in [0, 0.1) is 5.41 Å². The van der Waals surface area contributed by atoms with Gasteiger partial charge in [-0.1, -0.05) is 39.2 Å². The van der Waals surface area contributed by atoms with Crippen molar-refractivity contribution >= 4 is 0 Å². The summed E-state index contributed by atoms with van der Waals surface area (Å²) < 4.78 is 0. The molecule has 0 amide bonds. The van der Waals surface area contributed by atoms with Crippen LogP contribution >= 0.6 is 0 Å². The highest BCUT2D eigenvalue weighted by molar-refractivity contribution is 5.38. The topological polar surface area (TPSA) is 26.0 Å². The largest absolute Gasteiger partial charge is 0.323 e. The first-order chi connectivity index (χ1) is 6.03. The van der Waals surface area contributed by atoms with Crippen molar-refractivity contribution in [3.8, 4) is 0 Å². The zero-order valence-electron chi connectivity index (χ0n) is 8.64. The fourth-order valence-corrected chi connectivity index (χ4v) is 1.86. The molecule has 1 nitrogen and oxygen atoms in total. The molecular weight excluding hydrogens is 158 g/mol. The molecule has 0 fully saturated rings. The molecule has 0 aromatic heterocycles. The van der Waals surface area contributed by atoms with Crippen LogP contribution in [0.15, 0.2) is 36.5 Å². The average Bonchev–Trinajstić information content (AvgIpc) is 2.09. The number of nitrogens with two attached hydrogens (primary N) is 1. The minimum absolute atomic E-state index is 0.103. The van der Waals surface area contributed by atoms with E-state index in [1.165, 1.54) is 11.1 Å². The van der Waals surface area contributed by atoms with E-state index in [4.69, 9.17) is 5.73 Å². The molecular formula is C12H19N. The molecule has 0 bridgehead atoms. The minimum atomic E-state index is 0.103. The monoisotopic (exact) mass is 177 g/mol. The second kappa shape index (κ2) is 3.51. The van der Waals surface area contributed by atoms with Crippen molar-refractivity contribution in [1.82, 2.24) is 0 Å². The van der Waals surface area contributed by atoms with Crippen molar-refractivity contribution in [1.29, 1.82) is 0 Å². The maximum atomic E-state index is 6.16. The average molecular weight is 177 g/mol. The molecule has 1 heteroatoms. The number of allylic oxidation sites excluding steroid dienone is 2. The Bertz CT molecular complexity index is 258. The second-order valence-electron chi connectivity index (χ2n) is 4.36. The Hall–Kier alpha value is -0.820. The molecule has 0 saturated heterocycles. The van der Waals surface area contributed by atoms with Crippen LogP contribution < -0.4 is 5.73 Å². The minimum Gasteiger partial charge on any atom is -0.323 e. The fraction of sp³-hybridized carbons (Fsp3) is 0.500. The summed E-state index contributed by atoms with van der Waals surface area (Å²) in [5.41, 5.74) is 8.78. The molecule has 0 heterocycles. The molecule has 1 aliphatic carbocycles. The molecule has 0 radical (unpaired) electrons. The maximum Gasteiger partial charge on any atom is 0.0349 e. The summed E-state index contributed by atoms with van der Waals surface area (Å²) in [5.74, 6) is 0. The predicted molar refractivity (Wildman–Crippen MR) is 58.4 cm³/mol. The van der Waals surface area contributed by atoms with E-state index >= 15 is 0 Å². The molecule has 1 atom stereocenters. The first-order valence-corrected chi connectivity index (χ1v) is 4.76. The van der Waals surface area contributed by atoms with E-state index in [0.717, 1.165) is 12.8 Å². The normalized spacial score (nSPS) is 27.2. The van der Waals surface area contributed by atoms with Crippen LogP contribution in [0.25, 0.3) is 0 Å². The van der Waals surface area contributed by atoms with Crippen LogP contribution in [0.1, 0.15) is 26.7 Å². The Morgan fingerprint density at radius 3 is 2.46 bits per heavy atom. The van der Waals surface area contributed by atoms with Crippen molar-refractivity contribution in [3.63, 3.8) is 0 Å². The van der Waals surface area contributed by atoms with Crippen molar-refractivity contribution in [2.24, 2.45) is 11.1 Å². The van der Waals surface area contributed by atoms with Crippen molar-refractivity contribution in [2.45, 2.75) is 32.7 Å². The van der Waals surface area contributed by atoms with Gasteiger partial charge in [0.1, 0.15) is 0 Å². The Balaban J connectivity index is 3.09. The first-order valence-electron chi connectivity index (χ1n) is 4.76. The third-order valence-corrected chi connectivity index (χ3v) is 3.05. The van der Waals surface area contributed by atoms with Crippen molar-refractivity contribution in [2.75, 3.05) is 0 Å². The van der Waals surface area contributed by atoms with Crippen LogP contribution in [0.4, 0.5) is 0 Å². The first kappa shape index (κ1) is 10.3. The smallest absolute Gasteiger partial charge is 0.0349 e. The molecule has 1 aliphatic rings. The van der Waals surface area contributed by atoms with Crippen LogP contribution in [0.3, 0.4) is 0 Å². The van der Waals surface area contributed by atoms with Gasteiger partial charge in [-0.3, -0.25) is 0 Å². The lowest BCUT2D eigenvalue weighted by Crippen LogP contribution is -2.41. The SMILES string of the molecule is C=CC1=C(C=C)C(N)C(C)(C)CC1. The molecule has 1 rings (SSSR count). The molecule has 0 aromatic rings. The molecule has 0 spiro atoms. The highest BCUT2D eigenvalue weighted by Crippen LogP contribution is 2.38. The Kier molecular flexibility index (Phi) is 2.77. The standard InChI is InChI=1S/C12H19N/c1-5-9-7-8-12(3,4)11(13)10(9)6-2/h5-6,11H,1-2,7-8,13H2,3-4H3. The fourth-order valence-electron chi connectivity index (χ4n) is 1.86. The van der Waals surface area contributed by atoms with Gasteiger partial charge in [0.05, 0.1) is 0 Å². The summed E-state index contributed by atoms with van der Waals surface area (Å²) in [6.07, 6.45) is 5.99. The summed E-state index contributed by atoms with van der Waals surface area (Å²) in [6.45, 7) is 12.0. The lowest BCUT2D eigenvalue weighted by atomic mass is 9.70. The van der Waals surface area contributed by atoms with Gasteiger partial charge in [0.15, 0.2) is 0 Å². The molecule has 0 aliphatic heterocycles.